The summed E-state index contributed by atoms with van der Waals surface area (Å²) in [5.74, 6) is 1.73. The summed E-state index contributed by atoms with van der Waals surface area (Å²) >= 11 is 1.45. The average molecular weight is 346 g/mol. The third-order valence-electron chi connectivity index (χ3n) is 4.16. The minimum Gasteiger partial charge on any atom is -0.497 e. The van der Waals surface area contributed by atoms with Crippen LogP contribution in [0.3, 0.4) is 0 Å². The zero-order valence-corrected chi connectivity index (χ0v) is 14.9. The second-order valence-electron chi connectivity index (χ2n) is 5.71. The number of carbonyl (C=O) groups is 1. The highest BCUT2D eigenvalue weighted by Gasteiger charge is 2.22. The predicted molar refractivity (Wildman–Crippen MR) is 95.0 cm³/mol. The van der Waals surface area contributed by atoms with Gasteiger partial charge in [-0.05, 0) is 30.7 Å². The highest BCUT2D eigenvalue weighted by Crippen LogP contribution is 2.20. The Hall–Kier alpha value is -2.15. The second-order valence-corrected chi connectivity index (χ2v) is 6.44. The van der Waals surface area contributed by atoms with Crippen molar-refractivity contribution in [1.29, 1.82) is 0 Å². The van der Waals surface area contributed by atoms with Crippen molar-refractivity contribution in [2.24, 2.45) is 0 Å². The van der Waals surface area contributed by atoms with Crippen LogP contribution in [0.5, 0.6) is 5.75 Å². The van der Waals surface area contributed by atoms with E-state index >= 15 is 0 Å². The van der Waals surface area contributed by atoms with Crippen LogP contribution in [0.25, 0.3) is 0 Å². The molecule has 2 heterocycles. The van der Waals surface area contributed by atoms with Crippen molar-refractivity contribution in [3.8, 4) is 5.75 Å². The van der Waals surface area contributed by atoms with Crippen molar-refractivity contribution < 1.29 is 9.53 Å². The number of nitrogens with zero attached hydrogens (tertiary/aromatic N) is 4. The first-order valence-corrected chi connectivity index (χ1v) is 8.99. The van der Waals surface area contributed by atoms with Crippen LogP contribution in [-0.4, -0.2) is 53.5 Å². The summed E-state index contributed by atoms with van der Waals surface area (Å²) in [4.78, 5) is 21.4. The molecule has 0 saturated carbocycles. The number of aromatic nitrogens is 2. The predicted octanol–water partition coefficient (Wildman–Crippen LogP) is 2.46. The number of amides is 1. The first kappa shape index (κ1) is 16.7. The van der Waals surface area contributed by atoms with E-state index < -0.39 is 0 Å². The van der Waals surface area contributed by atoms with Gasteiger partial charge in [0.15, 0.2) is 0 Å². The fourth-order valence-electron chi connectivity index (χ4n) is 2.74. The molecule has 1 aliphatic rings. The number of rotatable bonds is 4. The van der Waals surface area contributed by atoms with E-state index in [1.807, 2.05) is 29.2 Å². The molecule has 3 rings (SSSR count). The van der Waals surface area contributed by atoms with Gasteiger partial charge >= 0.3 is 0 Å². The van der Waals surface area contributed by atoms with Crippen molar-refractivity contribution in [2.45, 2.75) is 19.8 Å². The van der Waals surface area contributed by atoms with E-state index in [1.54, 1.807) is 7.11 Å². The third-order valence-corrected chi connectivity index (χ3v) is 4.98. The number of aryl methyl sites for hydroxylation is 1. The summed E-state index contributed by atoms with van der Waals surface area (Å²) in [6.07, 6.45) is 1.79. The van der Waals surface area contributed by atoms with Gasteiger partial charge in [-0.3, -0.25) is 4.79 Å². The Bertz CT molecular complexity index is 686. The standard InChI is InChI=1S/C17H22N4O2S/c1-3-15-18-17(24-19-15)21-10-4-9-20(11-12-21)16(22)13-5-7-14(23-2)8-6-13/h5-8H,3-4,9-12H2,1-2H3. The molecular weight excluding hydrogens is 324 g/mol. The zero-order chi connectivity index (χ0) is 16.9. The van der Waals surface area contributed by atoms with E-state index in [-0.39, 0.29) is 5.91 Å². The summed E-state index contributed by atoms with van der Waals surface area (Å²) in [6.45, 7) is 5.22. The smallest absolute Gasteiger partial charge is 0.253 e. The Morgan fingerprint density at radius 3 is 2.67 bits per heavy atom. The normalized spacial score (nSPS) is 15.2. The number of benzene rings is 1. The molecule has 6 nitrogen and oxygen atoms in total. The zero-order valence-electron chi connectivity index (χ0n) is 14.1. The van der Waals surface area contributed by atoms with Crippen molar-refractivity contribution in [2.75, 3.05) is 38.2 Å². The van der Waals surface area contributed by atoms with Crippen LogP contribution in [0.1, 0.15) is 29.5 Å². The fourth-order valence-corrected chi connectivity index (χ4v) is 3.55. The average Bonchev–Trinajstić information content (AvgIpc) is 2.98. The quantitative estimate of drug-likeness (QED) is 0.851. The molecule has 24 heavy (non-hydrogen) atoms. The number of ether oxygens (including phenoxy) is 1. The Morgan fingerprint density at radius 2 is 2.00 bits per heavy atom. The van der Waals surface area contributed by atoms with Crippen LogP contribution >= 0.6 is 11.5 Å². The molecule has 0 aliphatic carbocycles. The summed E-state index contributed by atoms with van der Waals surface area (Å²) in [5, 5.41) is 0.964. The van der Waals surface area contributed by atoms with Gasteiger partial charge in [0.25, 0.3) is 5.91 Å². The van der Waals surface area contributed by atoms with Crippen molar-refractivity contribution in [1.82, 2.24) is 14.3 Å². The molecule has 0 N–H and O–H groups in total. The summed E-state index contributed by atoms with van der Waals surface area (Å²) < 4.78 is 9.50. The van der Waals surface area contributed by atoms with Crippen molar-refractivity contribution >= 4 is 22.6 Å². The fraction of sp³-hybridized carbons (Fsp3) is 0.471. The lowest BCUT2D eigenvalue weighted by atomic mass is 10.2. The second kappa shape index (κ2) is 7.61. The molecule has 1 saturated heterocycles. The van der Waals surface area contributed by atoms with Gasteiger partial charge in [0.05, 0.1) is 7.11 Å². The maximum Gasteiger partial charge on any atom is 0.253 e. The highest BCUT2D eigenvalue weighted by molar-refractivity contribution is 7.09. The first-order valence-electron chi connectivity index (χ1n) is 8.22. The van der Waals surface area contributed by atoms with Crippen LogP contribution in [0.15, 0.2) is 24.3 Å². The monoisotopic (exact) mass is 346 g/mol. The van der Waals surface area contributed by atoms with Crippen molar-refractivity contribution in [3.05, 3.63) is 35.7 Å². The van der Waals surface area contributed by atoms with E-state index in [0.29, 0.717) is 12.1 Å². The van der Waals surface area contributed by atoms with Crippen LogP contribution in [0.4, 0.5) is 5.13 Å². The molecule has 0 radical (unpaired) electrons. The molecule has 128 valence electrons. The molecule has 7 heteroatoms. The van der Waals surface area contributed by atoms with E-state index in [4.69, 9.17) is 4.74 Å². The lowest BCUT2D eigenvalue weighted by Gasteiger charge is -2.21. The molecule has 0 spiro atoms. The Balaban J connectivity index is 1.64. The van der Waals surface area contributed by atoms with Gasteiger partial charge in [-0.2, -0.15) is 4.37 Å². The number of carbonyl (C=O) groups excluding carboxylic acids is 1. The summed E-state index contributed by atoms with van der Waals surface area (Å²) in [7, 11) is 1.62. The van der Waals surface area contributed by atoms with Crippen LogP contribution < -0.4 is 9.64 Å². The lowest BCUT2D eigenvalue weighted by Crippen LogP contribution is -2.35. The highest BCUT2D eigenvalue weighted by atomic mass is 32.1. The molecule has 1 fully saturated rings. The molecule has 2 aromatic rings. The molecule has 1 aromatic heterocycles. The minimum absolute atomic E-state index is 0.0750. The summed E-state index contributed by atoms with van der Waals surface area (Å²) in [5.41, 5.74) is 0.702. The SMILES string of the molecule is CCc1nsc(N2CCCN(C(=O)c3ccc(OC)cc3)CC2)n1. The lowest BCUT2D eigenvalue weighted by molar-refractivity contribution is 0.0767. The maximum atomic E-state index is 12.7. The molecular formula is C17H22N4O2S. The summed E-state index contributed by atoms with van der Waals surface area (Å²) in [6, 6.07) is 7.29. The Kier molecular flexibility index (Phi) is 5.30. The largest absolute Gasteiger partial charge is 0.497 e. The van der Waals surface area contributed by atoms with Gasteiger partial charge in [0, 0.05) is 49.7 Å². The van der Waals surface area contributed by atoms with Gasteiger partial charge in [-0.1, -0.05) is 6.92 Å². The van der Waals surface area contributed by atoms with E-state index in [9.17, 15) is 4.79 Å². The van der Waals surface area contributed by atoms with Crippen LogP contribution in [-0.2, 0) is 6.42 Å². The topological polar surface area (TPSA) is 58.6 Å². The molecule has 0 atom stereocenters. The molecule has 1 aliphatic heterocycles. The Morgan fingerprint density at radius 1 is 1.21 bits per heavy atom. The number of methoxy groups -OCH3 is 1. The van der Waals surface area contributed by atoms with Crippen LogP contribution in [0.2, 0.25) is 0 Å². The van der Waals surface area contributed by atoms with E-state index in [0.717, 1.165) is 49.2 Å². The number of hydrogen-bond acceptors (Lipinski definition) is 6. The van der Waals surface area contributed by atoms with Gasteiger partial charge in [0.1, 0.15) is 11.6 Å². The van der Waals surface area contributed by atoms with Gasteiger partial charge in [0.2, 0.25) is 5.13 Å². The maximum absolute atomic E-state index is 12.7. The molecule has 1 aromatic carbocycles. The third kappa shape index (κ3) is 3.67. The van der Waals surface area contributed by atoms with Crippen molar-refractivity contribution in [3.63, 3.8) is 0 Å². The van der Waals surface area contributed by atoms with E-state index in [1.165, 1.54) is 11.5 Å². The first-order chi connectivity index (χ1) is 11.7. The van der Waals surface area contributed by atoms with Gasteiger partial charge in [-0.15, -0.1) is 0 Å². The molecule has 0 bridgehead atoms. The number of anilines is 1. The molecule has 0 unspecified atom stereocenters. The van der Waals surface area contributed by atoms with Gasteiger partial charge in [-0.25, -0.2) is 4.98 Å². The van der Waals surface area contributed by atoms with E-state index in [2.05, 4.69) is 21.2 Å². The Labute approximate surface area is 146 Å². The van der Waals surface area contributed by atoms with Crippen LogP contribution in [0, 0.1) is 0 Å². The molecule has 1 amide bonds. The number of hydrogen-bond donors (Lipinski definition) is 0. The van der Waals surface area contributed by atoms with Gasteiger partial charge < -0.3 is 14.5 Å². The minimum atomic E-state index is 0.0750.